The smallest absolute Gasteiger partial charge is 0.0149 e. The van der Waals surface area contributed by atoms with E-state index < -0.39 is 0 Å². The van der Waals surface area contributed by atoms with E-state index in [1.807, 2.05) is 0 Å². The third-order valence-electron chi connectivity index (χ3n) is 0. The van der Waals surface area contributed by atoms with Gasteiger partial charge in [-0.1, -0.05) is 0 Å². The molecule has 0 bridgehead atoms. The first-order valence-corrected chi connectivity index (χ1v) is 0. The van der Waals surface area contributed by atoms with Crippen molar-refractivity contribution in [2.45, 2.75) is 0 Å². The number of rotatable bonds is 0. The van der Waals surface area contributed by atoms with E-state index >= 15 is 0 Å². The maximum Gasteiger partial charge on any atom is -0.0149 e. The summed E-state index contributed by atoms with van der Waals surface area (Å²) in [5.74, 6) is 0. The first-order valence-electron chi connectivity index (χ1n) is 0. The molecule has 0 amide bonds. The van der Waals surface area contributed by atoms with Crippen LogP contribution in [0.1, 0.15) is 0 Å². The molecule has 0 saturated heterocycles. The minimum atomic E-state index is 0. The van der Waals surface area contributed by atoms with E-state index in [9.17, 15) is 0 Å². The molecule has 4 heavy (non-hydrogen) atoms. The predicted molar refractivity (Wildman–Crippen MR) is 32.0 cm³/mol. The van der Waals surface area contributed by atoms with Crippen LogP contribution in [0.3, 0.4) is 0 Å². The molecule has 0 aliphatic heterocycles. The van der Waals surface area contributed by atoms with E-state index in [0.717, 1.165) is 0 Å². The van der Waals surface area contributed by atoms with E-state index in [2.05, 4.69) is 0 Å². The number of hydrogen-bond acceptors (Lipinski definition) is 0. The summed E-state index contributed by atoms with van der Waals surface area (Å²) in [5.41, 5.74) is 0. The zero-order valence-electron chi connectivity index (χ0n) is 1.50. The maximum atomic E-state index is 0. The zero-order valence-corrected chi connectivity index (χ0v) is 5.70. The molecule has 0 rings (SSSR count). The second-order valence-corrected chi connectivity index (χ2v) is 0. The van der Waals surface area contributed by atoms with Gasteiger partial charge in [0.25, 0.3) is 0 Å². The van der Waals surface area contributed by atoms with Gasteiger partial charge in [0.2, 0.25) is 0 Å². The summed E-state index contributed by atoms with van der Waals surface area (Å²) >= 11 is 0. The molecule has 0 aromatic carbocycles. The first-order chi connectivity index (χ1) is 0. The van der Waals surface area contributed by atoms with Crippen LogP contribution in [0.25, 0.3) is 0 Å². The first kappa shape index (κ1) is 62.7. The second-order valence-electron chi connectivity index (χ2n) is 0. The van der Waals surface area contributed by atoms with Gasteiger partial charge in [0, 0.05) is 0 Å². The van der Waals surface area contributed by atoms with Crippen molar-refractivity contribution in [1.82, 2.24) is 0 Å². The Morgan fingerprint density at radius 2 is 0.750 bits per heavy atom. The van der Waals surface area contributed by atoms with Gasteiger partial charge in [-0.3, -0.25) is 0 Å². The van der Waals surface area contributed by atoms with Crippen LogP contribution in [0, 0.1) is 0 Å². The van der Waals surface area contributed by atoms with Gasteiger partial charge >= 0.3 is 34.1 Å². The quantitative estimate of drug-likeness (QED) is 0.365. The molecular weight excluding hydrogens is 202 g/mol. The van der Waals surface area contributed by atoms with Crippen LogP contribution in [0.5, 0.6) is 0 Å². The van der Waals surface area contributed by atoms with E-state index in [0.29, 0.717) is 0 Å². The van der Waals surface area contributed by atoms with Gasteiger partial charge in [-0.25, -0.2) is 0 Å². The largest absolute Gasteiger partial charge is 0.0149 e. The minimum absolute atomic E-state index is 0. The fraction of sp³-hybridized carbons (Fsp3) is 0. The zero-order chi connectivity index (χ0) is 0. The third-order valence-corrected chi connectivity index (χ3v) is 0. The van der Waals surface area contributed by atoms with Crippen molar-refractivity contribution < 1.29 is 5.48 Å². The molecular formula is H10OSe2Si. The molecule has 0 atom stereocenters. The van der Waals surface area contributed by atoms with Gasteiger partial charge < -0.3 is 5.48 Å². The predicted octanol–water partition coefficient (Wildman–Crippen LogP) is -4.11. The normalized spacial score (nSPS) is 0. The van der Waals surface area contributed by atoms with E-state index in [-0.39, 0.29) is 50.6 Å². The summed E-state index contributed by atoms with van der Waals surface area (Å²) in [6.45, 7) is 0. The molecule has 0 saturated carbocycles. The van der Waals surface area contributed by atoms with Crippen LogP contribution in [0.4, 0.5) is 0 Å². The molecule has 1 nitrogen and oxygen atoms in total. The van der Waals surface area contributed by atoms with Crippen LogP contribution in [0.15, 0.2) is 0 Å². The fourth-order valence-corrected chi connectivity index (χ4v) is 0. The SMILES string of the molecule is O.[SeH2].[SeH2].[SiH4]. The Bertz CT molecular complexity index is 6.00. The van der Waals surface area contributed by atoms with E-state index in [4.69, 9.17) is 0 Å². The molecule has 2 N–H and O–H groups in total. The summed E-state index contributed by atoms with van der Waals surface area (Å²) in [6.07, 6.45) is 0. The average molecular weight is 212 g/mol. The Morgan fingerprint density at radius 1 is 0.750 bits per heavy atom. The van der Waals surface area contributed by atoms with Crippen molar-refractivity contribution in [2.24, 2.45) is 0 Å². The van der Waals surface area contributed by atoms with Crippen LogP contribution >= 0.6 is 0 Å². The molecule has 0 aliphatic carbocycles. The average Bonchev–Trinajstić information content (AvgIpc) is 0. The maximum absolute atomic E-state index is 0. The monoisotopic (exact) mass is 214 g/mol. The van der Waals surface area contributed by atoms with E-state index in [1.54, 1.807) is 0 Å². The molecule has 0 aromatic rings. The summed E-state index contributed by atoms with van der Waals surface area (Å²) in [5, 5.41) is 0. The summed E-state index contributed by atoms with van der Waals surface area (Å²) in [6, 6.07) is 0. The standard InChI is InChI=1S/H2O.2H2Se.H4Si/h3*1H2;1H4. The molecule has 0 heterocycles. The topological polar surface area (TPSA) is 31.5 Å². The Kier molecular flexibility index (Phi) is 462. The Labute approximate surface area is 50.8 Å². The third kappa shape index (κ3) is 10.7. The van der Waals surface area contributed by atoms with Gasteiger partial charge in [-0.15, -0.1) is 0 Å². The van der Waals surface area contributed by atoms with Gasteiger partial charge in [-0.05, 0) is 11.0 Å². The second kappa shape index (κ2) is 29.5. The Morgan fingerprint density at radius 3 is 0.750 bits per heavy atom. The molecule has 0 fully saturated rings. The van der Waals surface area contributed by atoms with Gasteiger partial charge in [0.15, 0.2) is 0 Å². The molecule has 0 unspecified atom stereocenters. The number of hydrogen-bond donors (Lipinski definition) is 0. The van der Waals surface area contributed by atoms with Crippen LogP contribution in [-0.4, -0.2) is 50.6 Å². The fourth-order valence-electron chi connectivity index (χ4n) is 0. The molecule has 0 aromatic heterocycles. The van der Waals surface area contributed by atoms with Crippen molar-refractivity contribution in [3.63, 3.8) is 0 Å². The summed E-state index contributed by atoms with van der Waals surface area (Å²) in [7, 11) is 0. The summed E-state index contributed by atoms with van der Waals surface area (Å²) < 4.78 is 0. The van der Waals surface area contributed by atoms with Crippen molar-refractivity contribution in [3.8, 4) is 0 Å². The summed E-state index contributed by atoms with van der Waals surface area (Å²) in [4.78, 5) is 0. The van der Waals surface area contributed by atoms with Crippen molar-refractivity contribution in [2.75, 3.05) is 0 Å². The van der Waals surface area contributed by atoms with Crippen LogP contribution in [-0.2, 0) is 0 Å². The van der Waals surface area contributed by atoms with Crippen molar-refractivity contribution in [3.05, 3.63) is 0 Å². The minimum Gasteiger partial charge on any atom is -0.0149 e. The van der Waals surface area contributed by atoms with Gasteiger partial charge in [0.05, 0.1) is 0 Å². The Balaban J connectivity index is 0. The van der Waals surface area contributed by atoms with E-state index in [1.165, 1.54) is 0 Å². The molecule has 0 aliphatic rings. The Hall–Kier alpha value is 1.22. The molecule has 32 valence electrons. The molecule has 0 spiro atoms. The van der Waals surface area contributed by atoms with Crippen molar-refractivity contribution in [1.29, 1.82) is 0 Å². The van der Waals surface area contributed by atoms with Crippen LogP contribution in [0.2, 0.25) is 0 Å². The van der Waals surface area contributed by atoms with Gasteiger partial charge in [0.1, 0.15) is 0 Å². The van der Waals surface area contributed by atoms with Gasteiger partial charge in [-0.2, -0.15) is 0 Å². The molecule has 4 heteroatoms. The molecule has 0 radical (unpaired) electrons. The van der Waals surface area contributed by atoms with Crippen molar-refractivity contribution >= 4 is 45.1 Å². The van der Waals surface area contributed by atoms with Crippen LogP contribution < -0.4 is 0 Å².